The second-order valence-corrected chi connectivity index (χ2v) is 8.65. The third-order valence-corrected chi connectivity index (χ3v) is 6.14. The zero-order chi connectivity index (χ0) is 20.0. The van der Waals surface area contributed by atoms with Gasteiger partial charge in [-0.3, -0.25) is 4.79 Å². The van der Waals surface area contributed by atoms with Crippen molar-refractivity contribution in [1.82, 2.24) is 9.21 Å². The number of benzene rings is 2. The summed E-state index contributed by atoms with van der Waals surface area (Å²) in [6.07, 6.45) is 0.670. The molecule has 0 heterocycles. The van der Waals surface area contributed by atoms with Crippen LogP contribution < -0.4 is 4.74 Å². The van der Waals surface area contributed by atoms with Crippen LogP contribution in [-0.2, 0) is 27.8 Å². The number of carbonyl (C=O) groups is 1. The number of hydrogen-bond acceptors (Lipinski definition) is 4. The maximum atomic E-state index is 12.5. The molecule has 0 aliphatic heterocycles. The van der Waals surface area contributed by atoms with Gasteiger partial charge >= 0.3 is 0 Å². The van der Waals surface area contributed by atoms with Crippen molar-refractivity contribution in [2.24, 2.45) is 0 Å². The average molecular weight is 391 g/mol. The summed E-state index contributed by atoms with van der Waals surface area (Å²) in [5.74, 6) is 0.563. The van der Waals surface area contributed by atoms with E-state index in [1.165, 1.54) is 27.3 Å². The smallest absolute Gasteiger partial charge is 0.242 e. The Morgan fingerprint density at radius 3 is 2.30 bits per heavy atom. The molecule has 0 saturated heterocycles. The number of nitrogens with zero attached hydrogens (tertiary/aromatic N) is 2. The van der Waals surface area contributed by atoms with Crippen molar-refractivity contribution in [3.05, 3.63) is 59.7 Å². The summed E-state index contributed by atoms with van der Waals surface area (Å²) in [6, 6.07) is 14.5. The first-order chi connectivity index (χ1) is 12.8. The zero-order valence-corrected chi connectivity index (χ0v) is 17.0. The van der Waals surface area contributed by atoms with Crippen LogP contribution in [0.15, 0.2) is 53.4 Å². The number of rotatable bonds is 8. The molecule has 146 valence electrons. The third-order valence-electron chi connectivity index (χ3n) is 4.33. The van der Waals surface area contributed by atoms with Gasteiger partial charge in [0.05, 0.1) is 12.0 Å². The highest BCUT2D eigenvalue weighted by Gasteiger charge is 2.19. The van der Waals surface area contributed by atoms with Crippen LogP contribution in [0.4, 0.5) is 0 Å². The SMILES string of the molecule is COc1ccc(S(=O)(=O)N(C)C)cc1CCC(=O)N(C)Cc1ccccc1. The van der Waals surface area contributed by atoms with Gasteiger partial charge in [0, 0.05) is 34.1 Å². The van der Waals surface area contributed by atoms with Crippen LogP contribution in [0.2, 0.25) is 0 Å². The standard InChI is InChI=1S/C20H26N2O4S/c1-21(2)27(24,25)18-11-12-19(26-4)17(14-18)10-13-20(23)22(3)15-16-8-6-5-7-9-16/h5-9,11-12,14H,10,13,15H2,1-4H3. The first kappa shape index (κ1) is 20.9. The largest absolute Gasteiger partial charge is 0.496 e. The van der Waals surface area contributed by atoms with Crippen LogP contribution in [0.3, 0.4) is 0 Å². The maximum Gasteiger partial charge on any atom is 0.242 e. The Labute approximate surface area is 161 Å². The predicted molar refractivity (Wildman–Crippen MR) is 105 cm³/mol. The van der Waals surface area contributed by atoms with E-state index in [0.29, 0.717) is 24.3 Å². The second-order valence-electron chi connectivity index (χ2n) is 6.50. The third kappa shape index (κ3) is 5.30. The molecule has 0 aliphatic rings. The van der Waals surface area contributed by atoms with E-state index in [-0.39, 0.29) is 17.2 Å². The van der Waals surface area contributed by atoms with Gasteiger partial charge in [-0.25, -0.2) is 12.7 Å². The minimum atomic E-state index is -3.54. The fourth-order valence-corrected chi connectivity index (χ4v) is 3.65. The van der Waals surface area contributed by atoms with Crippen molar-refractivity contribution in [3.8, 4) is 5.75 Å². The summed E-state index contributed by atoms with van der Waals surface area (Å²) in [4.78, 5) is 14.3. The summed E-state index contributed by atoms with van der Waals surface area (Å²) in [5, 5.41) is 0. The van der Waals surface area contributed by atoms with E-state index in [1.54, 1.807) is 24.1 Å². The first-order valence-electron chi connectivity index (χ1n) is 8.63. The van der Waals surface area contributed by atoms with Gasteiger partial charge in [-0.1, -0.05) is 30.3 Å². The van der Waals surface area contributed by atoms with Crippen LogP contribution in [0.1, 0.15) is 17.5 Å². The molecule has 1 amide bonds. The van der Waals surface area contributed by atoms with Gasteiger partial charge in [0.2, 0.25) is 15.9 Å². The number of amides is 1. The van der Waals surface area contributed by atoms with Gasteiger partial charge in [0.15, 0.2) is 0 Å². The summed E-state index contributed by atoms with van der Waals surface area (Å²) in [7, 11) is 2.73. The minimum Gasteiger partial charge on any atom is -0.496 e. The molecular formula is C20H26N2O4S. The number of sulfonamides is 1. The Morgan fingerprint density at radius 2 is 1.70 bits per heavy atom. The lowest BCUT2D eigenvalue weighted by Gasteiger charge is -2.18. The Morgan fingerprint density at radius 1 is 1.04 bits per heavy atom. The van der Waals surface area contributed by atoms with E-state index in [1.807, 2.05) is 30.3 Å². The molecule has 0 saturated carbocycles. The van der Waals surface area contributed by atoms with Crippen molar-refractivity contribution in [2.75, 3.05) is 28.3 Å². The number of hydrogen-bond donors (Lipinski definition) is 0. The van der Waals surface area contributed by atoms with Crippen LogP contribution in [0.25, 0.3) is 0 Å². The van der Waals surface area contributed by atoms with Gasteiger partial charge in [0.25, 0.3) is 0 Å². The highest BCUT2D eigenvalue weighted by molar-refractivity contribution is 7.89. The molecule has 27 heavy (non-hydrogen) atoms. The van der Waals surface area contributed by atoms with E-state index >= 15 is 0 Å². The average Bonchev–Trinajstić information content (AvgIpc) is 2.66. The van der Waals surface area contributed by atoms with Crippen molar-refractivity contribution in [3.63, 3.8) is 0 Å². The Kier molecular flexibility index (Phi) is 6.98. The van der Waals surface area contributed by atoms with Gasteiger partial charge in [-0.05, 0) is 35.7 Å². The lowest BCUT2D eigenvalue weighted by molar-refractivity contribution is -0.130. The normalized spacial score (nSPS) is 11.4. The van der Waals surface area contributed by atoms with E-state index in [0.717, 1.165) is 9.87 Å². The molecule has 2 rings (SSSR count). The van der Waals surface area contributed by atoms with Crippen LogP contribution in [0.5, 0.6) is 5.75 Å². The van der Waals surface area contributed by atoms with Gasteiger partial charge in [-0.15, -0.1) is 0 Å². The van der Waals surface area contributed by atoms with Crippen LogP contribution in [0, 0.1) is 0 Å². The fraction of sp³-hybridized carbons (Fsp3) is 0.350. The van der Waals surface area contributed by atoms with Crippen LogP contribution >= 0.6 is 0 Å². The monoisotopic (exact) mass is 390 g/mol. The summed E-state index contributed by atoms with van der Waals surface area (Å²) >= 11 is 0. The quantitative estimate of drug-likeness (QED) is 0.695. The predicted octanol–water partition coefficient (Wildman–Crippen LogP) is 2.54. The summed E-state index contributed by atoms with van der Waals surface area (Å²) in [6.45, 7) is 0.534. The van der Waals surface area contributed by atoms with Crippen molar-refractivity contribution in [1.29, 1.82) is 0 Å². The molecule has 0 spiro atoms. The maximum absolute atomic E-state index is 12.5. The Bertz CT molecular complexity index is 880. The molecule has 0 bridgehead atoms. The van der Waals surface area contributed by atoms with Gasteiger partial charge in [-0.2, -0.15) is 0 Å². The number of aryl methyl sites for hydroxylation is 1. The zero-order valence-electron chi connectivity index (χ0n) is 16.2. The van der Waals surface area contributed by atoms with Gasteiger partial charge in [0.1, 0.15) is 5.75 Å². The number of carbonyl (C=O) groups excluding carboxylic acids is 1. The minimum absolute atomic E-state index is 0.0122. The molecule has 0 aliphatic carbocycles. The first-order valence-corrected chi connectivity index (χ1v) is 10.1. The molecule has 0 N–H and O–H groups in total. The lowest BCUT2D eigenvalue weighted by Crippen LogP contribution is -2.26. The number of ether oxygens (including phenoxy) is 1. The molecule has 6 nitrogen and oxygen atoms in total. The molecule has 0 radical (unpaired) electrons. The topological polar surface area (TPSA) is 66.9 Å². The number of methoxy groups -OCH3 is 1. The molecule has 0 fully saturated rings. The molecule has 2 aromatic rings. The van der Waals surface area contributed by atoms with Crippen molar-refractivity contribution >= 4 is 15.9 Å². The van der Waals surface area contributed by atoms with Gasteiger partial charge < -0.3 is 9.64 Å². The lowest BCUT2D eigenvalue weighted by atomic mass is 10.1. The molecular weight excluding hydrogens is 364 g/mol. The molecule has 0 atom stereocenters. The second kappa shape index (κ2) is 9.01. The van der Waals surface area contributed by atoms with E-state index in [9.17, 15) is 13.2 Å². The molecule has 2 aromatic carbocycles. The van der Waals surface area contributed by atoms with E-state index in [4.69, 9.17) is 4.74 Å². The Hall–Kier alpha value is -2.38. The highest BCUT2D eigenvalue weighted by atomic mass is 32.2. The molecule has 0 aromatic heterocycles. The summed E-state index contributed by atoms with van der Waals surface area (Å²) < 4.78 is 31.2. The van der Waals surface area contributed by atoms with E-state index < -0.39 is 10.0 Å². The highest BCUT2D eigenvalue weighted by Crippen LogP contribution is 2.25. The molecule has 7 heteroatoms. The fourth-order valence-electron chi connectivity index (χ4n) is 2.70. The van der Waals surface area contributed by atoms with Crippen molar-refractivity contribution in [2.45, 2.75) is 24.3 Å². The Balaban J connectivity index is 2.10. The van der Waals surface area contributed by atoms with Crippen LogP contribution in [-0.4, -0.2) is 51.8 Å². The molecule has 0 unspecified atom stereocenters. The summed E-state index contributed by atoms with van der Waals surface area (Å²) in [5.41, 5.74) is 1.76. The van der Waals surface area contributed by atoms with Crippen molar-refractivity contribution < 1.29 is 17.9 Å². The van der Waals surface area contributed by atoms with E-state index in [2.05, 4.69) is 0 Å².